The molecule has 0 atom stereocenters. The summed E-state index contributed by atoms with van der Waals surface area (Å²) in [5.74, 6) is 0.654. The number of hydrogen-bond acceptors (Lipinski definition) is 4. The van der Waals surface area contributed by atoms with Crippen molar-refractivity contribution < 1.29 is 15.1 Å². The van der Waals surface area contributed by atoms with Crippen LogP contribution in [0.4, 0.5) is 0 Å². The fourth-order valence-corrected chi connectivity index (χ4v) is 2.50. The van der Waals surface area contributed by atoms with Gasteiger partial charge in [0.1, 0.15) is 12.4 Å². The van der Waals surface area contributed by atoms with Crippen LogP contribution in [0.15, 0.2) is 23.4 Å². The largest absolute Gasteiger partial charge is 0.490 e. The summed E-state index contributed by atoms with van der Waals surface area (Å²) >= 11 is 0. The van der Waals surface area contributed by atoms with Crippen molar-refractivity contribution >= 4 is 5.71 Å². The van der Waals surface area contributed by atoms with Crippen LogP contribution in [0.2, 0.25) is 0 Å². The first-order valence-corrected chi connectivity index (χ1v) is 6.69. The number of aliphatic hydroxyl groups is 1. The van der Waals surface area contributed by atoms with Crippen molar-refractivity contribution in [3.63, 3.8) is 0 Å². The summed E-state index contributed by atoms with van der Waals surface area (Å²) in [6, 6.07) is 5.73. The highest BCUT2D eigenvalue weighted by molar-refractivity contribution is 6.00. The van der Waals surface area contributed by atoms with Gasteiger partial charge in [-0.25, -0.2) is 0 Å². The van der Waals surface area contributed by atoms with Crippen LogP contribution < -0.4 is 4.74 Å². The standard InChI is InChI=1S/C15H21NO3/c1-11-5-6-14(13(9-11)12(2)16-18)19-10-15(17)7-3-4-8-15/h5-6,9,17-18H,3-4,7-8,10H2,1-2H3. The fourth-order valence-electron chi connectivity index (χ4n) is 2.50. The number of rotatable bonds is 4. The van der Waals surface area contributed by atoms with Crippen LogP contribution in [-0.2, 0) is 0 Å². The van der Waals surface area contributed by atoms with Crippen molar-refractivity contribution in [3.8, 4) is 5.75 Å². The van der Waals surface area contributed by atoms with E-state index < -0.39 is 5.60 Å². The number of aryl methyl sites for hydroxylation is 1. The molecule has 0 amide bonds. The molecule has 2 rings (SSSR count). The molecule has 0 spiro atoms. The van der Waals surface area contributed by atoms with E-state index in [-0.39, 0.29) is 0 Å². The Hall–Kier alpha value is -1.55. The lowest BCUT2D eigenvalue weighted by molar-refractivity contribution is 0.00135. The Morgan fingerprint density at radius 3 is 2.68 bits per heavy atom. The molecule has 0 unspecified atom stereocenters. The average molecular weight is 263 g/mol. The number of ether oxygens (including phenoxy) is 1. The Bertz CT molecular complexity index is 476. The minimum absolute atomic E-state index is 0.293. The third-order valence-electron chi connectivity index (χ3n) is 3.71. The fraction of sp³-hybridized carbons (Fsp3) is 0.533. The van der Waals surface area contributed by atoms with Crippen LogP contribution in [0.5, 0.6) is 5.75 Å². The van der Waals surface area contributed by atoms with Gasteiger partial charge in [-0.3, -0.25) is 0 Å². The SMILES string of the molecule is CC(=NO)c1cc(C)ccc1OCC1(O)CCCC1. The van der Waals surface area contributed by atoms with E-state index in [0.717, 1.165) is 36.8 Å². The minimum Gasteiger partial charge on any atom is -0.490 e. The summed E-state index contributed by atoms with van der Waals surface area (Å²) in [6.45, 7) is 4.00. The molecule has 1 fully saturated rings. The molecule has 1 aromatic carbocycles. The predicted octanol–water partition coefficient (Wildman–Crippen LogP) is 2.88. The lowest BCUT2D eigenvalue weighted by Crippen LogP contribution is -2.32. The molecule has 1 aromatic rings. The molecule has 0 saturated heterocycles. The number of hydrogen-bond donors (Lipinski definition) is 2. The molecule has 2 N–H and O–H groups in total. The Morgan fingerprint density at radius 2 is 2.05 bits per heavy atom. The molecule has 4 nitrogen and oxygen atoms in total. The maximum Gasteiger partial charge on any atom is 0.128 e. The van der Waals surface area contributed by atoms with Gasteiger partial charge >= 0.3 is 0 Å². The Morgan fingerprint density at radius 1 is 1.37 bits per heavy atom. The van der Waals surface area contributed by atoms with Crippen LogP contribution >= 0.6 is 0 Å². The topological polar surface area (TPSA) is 62.1 Å². The van der Waals surface area contributed by atoms with Crippen molar-refractivity contribution in [2.24, 2.45) is 5.16 Å². The second kappa shape index (κ2) is 5.61. The summed E-state index contributed by atoms with van der Waals surface area (Å²) in [7, 11) is 0. The van der Waals surface area contributed by atoms with Gasteiger partial charge in [0.05, 0.1) is 11.3 Å². The first-order chi connectivity index (χ1) is 9.04. The Labute approximate surface area is 113 Å². The molecule has 0 bridgehead atoms. The van der Waals surface area contributed by atoms with Crippen LogP contribution in [0.3, 0.4) is 0 Å². The maximum atomic E-state index is 10.3. The number of benzene rings is 1. The van der Waals surface area contributed by atoms with E-state index in [0.29, 0.717) is 18.1 Å². The second-order valence-electron chi connectivity index (χ2n) is 5.41. The molecule has 19 heavy (non-hydrogen) atoms. The molecule has 0 heterocycles. The van der Waals surface area contributed by atoms with Crippen molar-refractivity contribution in [2.45, 2.75) is 45.1 Å². The van der Waals surface area contributed by atoms with Gasteiger partial charge in [0.2, 0.25) is 0 Å². The highest BCUT2D eigenvalue weighted by atomic mass is 16.5. The lowest BCUT2D eigenvalue weighted by Gasteiger charge is -2.23. The molecule has 0 aliphatic heterocycles. The van der Waals surface area contributed by atoms with Crippen molar-refractivity contribution in [1.82, 2.24) is 0 Å². The molecule has 1 aliphatic rings. The number of nitrogens with zero attached hydrogens (tertiary/aromatic N) is 1. The molecule has 1 saturated carbocycles. The molecule has 4 heteroatoms. The molecular formula is C15H21NO3. The molecule has 0 radical (unpaired) electrons. The monoisotopic (exact) mass is 263 g/mol. The third kappa shape index (κ3) is 3.26. The third-order valence-corrected chi connectivity index (χ3v) is 3.71. The first kappa shape index (κ1) is 13.9. The van der Waals surface area contributed by atoms with Gasteiger partial charge in [-0.2, -0.15) is 0 Å². The van der Waals surface area contributed by atoms with E-state index in [1.54, 1.807) is 6.92 Å². The minimum atomic E-state index is -0.702. The Kier molecular flexibility index (Phi) is 4.10. The van der Waals surface area contributed by atoms with E-state index in [1.165, 1.54) is 0 Å². The smallest absolute Gasteiger partial charge is 0.128 e. The van der Waals surface area contributed by atoms with E-state index in [2.05, 4.69) is 5.16 Å². The second-order valence-corrected chi connectivity index (χ2v) is 5.41. The highest BCUT2D eigenvalue weighted by Crippen LogP contribution is 2.31. The summed E-state index contributed by atoms with van der Waals surface area (Å²) in [6.07, 6.45) is 3.69. The van der Waals surface area contributed by atoms with Gasteiger partial charge in [-0.05, 0) is 38.8 Å². The maximum absolute atomic E-state index is 10.3. The van der Waals surface area contributed by atoms with Gasteiger partial charge in [0.15, 0.2) is 0 Å². The zero-order valence-corrected chi connectivity index (χ0v) is 11.5. The lowest BCUT2D eigenvalue weighted by atomic mass is 10.0. The summed E-state index contributed by atoms with van der Waals surface area (Å²) in [4.78, 5) is 0. The molecule has 104 valence electrons. The summed E-state index contributed by atoms with van der Waals surface area (Å²) < 4.78 is 5.76. The summed E-state index contributed by atoms with van der Waals surface area (Å²) in [5, 5.41) is 22.4. The quantitative estimate of drug-likeness (QED) is 0.499. The Balaban J connectivity index is 2.15. The molecule has 0 aromatic heterocycles. The average Bonchev–Trinajstić information content (AvgIpc) is 2.83. The highest BCUT2D eigenvalue weighted by Gasteiger charge is 2.32. The zero-order chi connectivity index (χ0) is 13.9. The van der Waals surface area contributed by atoms with Crippen molar-refractivity contribution in [3.05, 3.63) is 29.3 Å². The van der Waals surface area contributed by atoms with Crippen molar-refractivity contribution in [1.29, 1.82) is 0 Å². The van der Waals surface area contributed by atoms with Gasteiger partial charge in [-0.15, -0.1) is 0 Å². The van der Waals surface area contributed by atoms with Crippen LogP contribution in [0, 0.1) is 6.92 Å². The summed E-state index contributed by atoms with van der Waals surface area (Å²) in [5.41, 5.74) is 1.65. The van der Waals surface area contributed by atoms with Crippen LogP contribution in [0.25, 0.3) is 0 Å². The van der Waals surface area contributed by atoms with Crippen molar-refractivity contribution in [2.75, 3.05) is 6.61 Å². The van der Waals surface area contributed by atoms with Gasteiger partial charge < -0.3 is 15.1 Å². The van der Waals surface area contributed by atoms with E-state index >= 15 is 0 Å². The van der Waals surface area contributed by atoms with Gasteiger partial charge in [-0.1, -0.05) is 29.6 Å². The zero-order valence-electron chi connectivity index (χ0n) is 11.5. The molecular weight excluding hydrogens is 242 g/mol. The number of oxime groups is 1. The van der Waals surface area contributed by atoms with E-state index in [1.807, 2.05) is 25.1 Å². The predicted molar refractivity (Wildman–Crippen MR) is 74.1 cm³/mol. The van der Waals surface area contributed by atoms with Crippen LogP contribution in [0.1, 0.15) is 43.7 Å². The normalized spacial score (nSPS) is 18.6. The van der Waals surface area contributed by atoms with E-state index in [9.17, 15) is 5.11 Å². The van der Waals surface area contributed by atoms with Gasteiger partial charge in [0, 0.05) is 5.56 Å². The first-order valence-electron chi connectivity index (χ1n) is 6.69. The van der Waals surface area contributed by atoms with Crippen LogP contribution in [-0.4, -0.2) is 28.2 Å². The molecule has 1 aliphatic carbocycles. The van der Waals surface area contributed by atoms with E-state index in [4.69, 9.17) is 9.94 Å². The van der Waals surface area contributed by atoms with Gasteiger partial charge in [0.25, 0.3) is 0 Å².